The second-order valence-corrected chi connectivity index (χ2v) is 7.31. The molecule has 0 aliphatic heterocycles. The van der Waals surface area contributed by atoms with Crippen molar-refractivity contribution in [2.45, 2.75) is 17.8 Å². The minimum Gasteiger partial charge on any atom is -0.462 e. The minimum atomic E-state index is -4.56. The zero-order valence-corrected chi connectivity index (χ0v) is 15.8. The molecule has 0 fully saturated rings. The number of hydrogen-bond acceptors (Lipinski definition) is 6. The molecule has 1 aromatic carbocycles. The van der Waals surface area contributed by atoms with Crippen molar-refractivity contribution in [2.24, 2.45) is 0 Å². The fourth-order valence-electron chi connectivity index (χ4n) is 2.85. The maximum atomic E-state index is 12.9. The van der Waals surface area contributed by atoms with Crippen LogP contribution in [0.2, 0.25) is 0 Å². The summed E-state index contributed by atoms with van der Waals surface area (Å²) in [6.45, 7) is 0. The van der Waals surface area contributed by atoms with Crippen LogP contribution in [0.25, 0.3) is 22.1 Å². The van der Waals surface area contributed by atoms with Gasteiger partial charge in [0.05, 0.1) is 12.5 Å². The number of anilines is 1. The summed E-state index contributed by atoms with van der Waals surface area (Å²) >= 11 is 1.10. The van der Waals surface area contributed by atoms with Crippen molar-refractivity contribution < 1.29 is 17.6 Å². The van der Waals surface area contributed by atoms with Crippen LogP contribution < -0.4 is 5.73 Å². The first-order valence-electron chi connectivity index (χ1n) is 8.66. The summed E-state index contributed by atoms with van der Waals surface area (Å²) in [6, 6.07) is 12.5. The second-order valence-electron chi connectivity index (χ2n) is 6.24. The summed E-state index contributed by atoms with van der Waals surface area (Å²) in [5.74, 6) is 0.248. The summed E-state index contributed by atoms with van der Waals surface area (Å²) in [6.07, 6.45) is -0.687. The molecule has 4 rings (SSSR count). The van der Waals surface area contributed by atoms with Crippen LogP contribution in [-0.2, 0) is 12.6 Å². The summed E-state index contributed by atoms with van der Waals surface area (Å²) in [5.41, 5.74) is 7.90. The molecule has 0 amide bonds. The molecule has 0 spiro atoms. The van der Waals surface area contributed by atoms with Crippen molar-refractivity contribution in [3.8, 4) is 11.1 Å². The summed E-state index contributed by atoms with van der Waals surface area (Å²) < 4.78 is 44.2. The number of pyridine rings is 1. The Kier molecular flexibility index (Phi) is 5.14. The molecule has 0 aliphatic rings. The lowest BCUT2D eigenvalue weighted by Crippen LogP contribution is -2.11. The Bertz CT molecular complexity index is 1150. The second kappa shape index (κ2) is 7.75. The Morgan fingerprint density at radius 2 is 1.86 bits per heavy atom. The number of benzene rings is 1. The normalized spacial score (nSPS) is 11.8. The molecule has 0 saturated heterocycles. The molecule has 0 saturated carbocycles. The number of nitrogen functional groups attached to an aromatic ring is 1. The zero-order valence-electron chi connectivity index (χ0n) is 15.0. The first-order chi connectivity index (χ1) is 13.9. The summed E-state index contributed by atoms with van der Waals surface area (Å²) in [7, 11) is 0. The number of nitrogens with zero attached hydrogens (tertiary/aromatic N) is 3. The third kappa shape index (κ3) is 4.34. The molecule has 3 aromatic heterocycles. The highest BCUT2D eigenvalue weighted by Gasteiger charge is 2.33. The molecule has 9 heteroatoms. The smallest absolute Gasteiger partial charge is 0.433 e. The predicted octanol–water partition coefficient (Wildman–Crippen LogP) is 5.22. The van der Waals surface area contributed by atoms with Crippen molar-refractivity contribution in [3.63, 3.8) is 0 Å². The summed E-state index contributed by atoms with van der Waals surface area (Å²) in [4.78, 5) is 11.8. The number of halogens is 3. The standard InChI is InChI=1S/C20H15F3N4OS/c21-20(22,23)17-9-18(24)27-19(26-17)29-7-6-13-8-14-15(11-28-16(14)10-25-13)12-4-2-1-3-5-12/h1-5,8-11H,6-7H2,(H2,24,26,27). The first-order valence-corrected chi connectivity index (χ1v) is 9.65. The number of alkyl halides is 3. The molecule has 5 nitrogen and oxygen atoms in total. The lowest BCUT2D eigenvalue weighted by atomic mass is 10.0. The van der Waals surface area contributed by atoms with Crippen molar-refractivity contribution in [2.75, 3.05) is 11.5 Å². The number of hydrogen-bond donors (Lipinski definition) is 1. The van der Waals surface area contributed by atoms with E-state index in [2.05, 4.69) is 15.0 Å². The Hall–Kier alpha value is -3.07. The molecular weight excluding hydrogens is 401 g/mol. The van der Waals surface area contributed by atoms with Crippen molar-refractivity contribution >= 4 is 28.5 Å². The Morgan fingerprint density at radius 3 is 2.62 bits per heavy atom. The molecule has 0 bridgehead atoms. The maximum Gasteiger partial charge on any atom is 0.433 e. The molecule has 148 valence electrons. The van der Waals surface area contributed by atoms with Gasteiger partial charge in [0.2, 0.25) is 0 Å². The van der Waals surface area contributed by atoms with Crippen LogP contribution in [0.4, 0.5) is 19.0 Å². The van der Waals surface area contributed by atoms with Gasteiger partial charge in [-0.1, -0.05) is 42.1 Å². The van der Waals surface area contributed by atoms with Crippen LogP contribution in [0.1, 0.15) is 11.4 Å². The highest BCUT2D eigenvalue weighted by atomic mass is 32.2. The van der Waals surface area contributed by atoms with E-state index in [1.807, 2.05) is 36.4 Å². The number of aryl methyl sites for hydroxylation is 1. The SMILES string of the molecule is Nc1cc(C(F)(F)F)nc(SCCc2cc3c(-c4ccccc4)coc3cn2)n1. The fourth-order valence-corrected chi connectivity index (χ4v) is 3.68. The van der Waals surface area contributed by atoms with Crippen molar-refractivity contribution in [3.05, 3.63) is 66.3 Å². The highest BCUT2D eigenvalue weighted by Crippen LogP contribution is 2.32. The zero-order chi connectivity index (χ0) is 20.4. The van der Waals surface area contributed by atoms with Gasteiger partial charge in [0.25, 0.3) is 0 Å². The van der Waals surface area contributed by atoms with E-state index in [0.29, 0.717) is 17.8 Å². The lowest BCUT2D eigenvalue weighted by molar-refractivity contribution is -0.141. The first kappa shape index (κ1) is 19.3. The van der Waals surface area contributed by atoms with E-state index in [4.69, 9.17) is 10.2 Å². The number of furan rings is 1. The van der Waals surface area contributed by atoms with Gasteiger partial charge in [0.15, 0.2) is 16.4 Å². The van der Waals surface area contributed by atoms with Gasteiger partial charge in [0, 0.05) is 28.5 Å². The van der Waals surface area contributed by atoms with Crippen LogP contribution in [0.15, 0.2) is 64.5 Å². The molecule has 2 N–H and O–H groups in total. The molecule has 0 unspecified atom stereocenters. The van der Waals surface area contributed by atoms with Crippen LogP contribution in [0.3, 0.4) is 0 Å². The van der Waals surface area contributed by atoms with Crippen LogP contribution in [0.5, 0.6) is 0 Å². The van der Waals surface area contributed by atoms with Crippen molar-refractivity contribution in [1.82, 2.24) is 15.0 Å². The number of aromatic nitrogens is 3. The number of thioether (sulfide) groups is 1. The van der Waals surface area contributed by atoms with Gasteiger partial charge in [-0.05, 0) is 18.1 Å². The maximum absolute atomic E-state index is 12.9. The number of nitrogens with two attached hydrogens (primary N) is 1. The monoisotopic (exact) mass is 416 g/mol. The van der Waals surface area contributed by atoms with E-state index in [9.17, 15) is 13.2 Å². The van der Waals surface area contributed by atoms with Gasteiger partial charge in [-0.2, -0.15) is 13.2 Å². The van der Waals surface area contributed by atoms with Gasteiger partial charge < -0.3 is 10.2 Å². The molecule has 0 aliphatic carbocycles. The molecule has 0 radical (unpaired) electrons. The topological polar surface area (TPSA) is 77.8 Å². The van der Waals surface area contributed by atoms with Crippen LogP contribution in [-0.4, -0.2) is 20.7 Å². The van der Waals surface area contributed by atoms with Crippen LogP contribution in [0, 0.1) is 0 Å². The Labute approximate surface area is 168 Å². The molecule has 29 heavy (non-hydrogen) atoms. The third-order valence-corrected chi connectivity index (χ3v) is 5.06. The van der Waals surface area contributed by atoms with Gasteiger partial charge in [-0.15, -0.1) is 0 Å². The van der Waals surface area contributed by atoms with Gasteiger partial charge in [-0.25, -0.2) is 9.97 Å². The molecule has 4 aromatic rings. The molecular formula is C20H15F3N4OS. The lowest BCUT2D eigenvalue weighted by Gasteiger charge is -2.08. The fraction of sp³-hybridized carbons (Fsp3) is 0.150. The van der Waals surface area contributed by atoms with Gasteiger partial charge in [0.1, 0.15) is 5.82 Å². The van der Waals surface area contributed by atoms with Crippen molar-refractivity contribution in [1.29, 1.82) is 0 Å². The van der Waals surface area contributed by atoms with E-state index in [1.54, 1.807) is 12.5 Å². The Morgan fingerprint density at radius 1 is 1.07 bits per heavy atom. The van der Waals surface area contributed by atoms with Crippen LogP contribution >= 0.6 is 11.8 Å². The minimum absolute atomic E-state index is 0.00770. The van der Waals surface area contributed by atoms with Gasteiger partial charge in [-0.3, -0.25) is 4.98 Å². The third-order valence-electron chi connectivity index (χ3n) is 4.21. The van der Waals surface area contributed by atoms with E-state index in [-0.39, 0.29) is 11.0 Å². The average Bonchev–Trinajstić information content (AvgIpc) is 3.11. The highest BCUT2D eigenvalue weighted by molar-refractivity contribution is 7.99. The van der Waals surface area contributed by atoms with E-state index in [0.717, 1.165) is 40.0 Å². The molecule has 0 atom stereocenters. The average molecular weight is 416 g/mol. The quantitative estimate of drug-likeness (QED) is 0.355. The number of fused-ring (bicyclic) bond motifs is 1. The summed E-state index contributed by atoms with van der Waals surface area (Å²) in [5, 5.41) is 0.928. The predicted molar refractivity (Wildman–Crippen MR) is 105 cm³/mol. The van der Waals surface area contributed by atoms with E-state index in [1.165, 1.54) is 0 Å². The largest absolute Gasteiger partial charge is 0.462 e. The van der Waals surface area contributed by atoms with E-state index < -0.39 is 11.9 Å². The number of rotatable bonds is 5. The van der Waals surface area contributed by atoms with Gasteiger partial charge >= 0.3 is 6.18 Å². The molecule has 3 heterocycles. The Balaban J connectivity index is 1.50. The van der Waals surface area contributed by atoms with E-state index >= 15 is 0 Å².